The summed E-state index contributed by atoms with van der Waals surface area (Å²) in [6, 6.07) is 5.62. The van der Waals surface area contributed by atoms with Gasteiger partial charge < -0.3 is 26.6 Å². The number of nitrogens with two attached hydrogens (primary N) is 1. The van der Waals surface area contributed by atoms with Crippen LogP contribution < -0.4 is 26.6 Å². The Balaban J connectivity index is 1.63. The van der Waals surface area contributed by atoms with Crippen LogP contribution in [0.5, 0.6) is 0 Å². The van der Waals surface area contributed by atoms with Gasteiger partial charge in [-0.2, -0.15) is 15.0 Å². The van der Waals surface area contributed by atoms with Crippen molar-refractivity contribution in [2.24, 2.45) is 11.1 Å². The zero-order valence-electron chi connectivity index (χ0n) is 19.2. The smallest absolute Gasteiger partial charge is 0.248 e. The quantitative estimate of drug-likeness (QED) is 0.496. The van der Waals surface area contributed by atoms with Gasteiger partial charge in [0.05, 0.1) is 0 Å². The predicted octanol–water partition coefficient (Wildman–Crippen LogP) is 2.81. The van der Waals surface area contributed by atoms with Crippen molar-refractivity contribution in [2.75, 3.05) is 41.7 Å². The summed E-state index contributed by atoms with van der Waals surface area (Å²) >= 11 is 0. The molecule has 2 atom stereocenters. The van der Waals surface area contributed by atoms with Gasteiger partial charge in [-0.05, 0) is 55.8 Å². The lowest BCUT2D eigenvalue weighted by molar-refractivity contribution is 0.100. The van der Waals surface area contributed by atoms with E-state index in [1.165, 1.54) is 12.8 Å². The molecular formula is C23H34N8O. The number of benzene rings is 1. The Morgan fingerprint density at radius 3 is 2.84 bits per heavy atom. The lowest BCUT2D eigenvalue weighted by Crippen LogP contribution is -2.28. The summed E-state index contributed by atoms with van der Waals surface area (Å²) in [6.07, 6.45) is 4.52. The molecule has 0 bridgehead atoms. The van der Waals surface area contributed by atoms with Crippen molar-refractivity contribution in [1.82, 2.24) is 20.3 Å². The molecule has 0 radical (unpaired) electrons. The third-order valence-electron chi connectivity index (χ3n) is 6.48. The Kier molecular flexibility index (Phi) is 6.45. The van der Waals surface area contributed by atoms with Crippen LogP contribution in [0.4, 0.5) is 23.5 Å². The van der Waals surface area contributed by atoms with E-state index in [2.05, 4.69) is 39.7 Å². The van der Waals surface area contributed by atoms with Gasteiger partial charge in [-0.1, -0.05) is 26.3 Å². The Hall–Kier alpha value is -2.94. The van der Waals surface area contributed by atoms with Crippen LogP contribution in [0.25, 0.3) is 0 Å². The maximum absolute atomic E-state index is 11.6. The molecule has 5 N–H and O–H groups in total. The van der Waals surface area contributed by atoms with E-state index in [4.69, 9.17) is 15.7 Å². The highest BCUT2D eigenvalue weighted by Crippen LogP contribution is 2.36. The monoisotopic (exact) mass is 438 g/mol. The zero-order chi connectivity index (χ0) is 22.7. The van der Waals surface area contributed by atoms with E-state index in [1.807, 2.05) is 13.0 Å². The molecule has 2 saturated heterocycles. The first-order valence-electron chi connectivity index (χ1n) is 11.5. The van der Waals surface area contributed by atoms with Gasteiger partial charge in [-0.15, -0.1) is 0 Å². The van der Waals surface area contributed by atoms with Gasteiger partial charge in [0, 0.05) is 36.9 Å². The molecule has 1 aromatic carbocycles. The largest absolute Gasteiger partial charge is 0.366 e. The third-order valence-corrected chi connectivity index (χ3v) is 6.48. The van der Waals surface area contributed by atoms with Gasteiger partial charge in [-0.3, -0.25) is 4.79 Å². The fourth-order valence-corrected chi connectivity index (χ4v) is 4.62. The SMILES string of the molecule is CCCC1(C)CCN(c2nc(Nc3cc(C(N)=O)ccc3C)nc(N[C@H]3CCNC3)n2)C1. The lowest BCUT2D eigenvalue weighted by atomic mass is 9.85. The molecule has 3 heterocycles. The van der Waals surface area contributed by atoms with Crippen molar-refractivity contribution in [2.45, 2.75) is 52.5 Å². The van der Waals surface area contributed by atoms with Gasteiger partial charge in [0.25, 0.3) is 0 Å². The fourth-order valence-electron chi connectivity index (χ4n) is 4.62. The molecule has 2 aliphatic heterocycles. The van der Waals surface area contributed by atoms with E-state index in [-0.39, 0.29) is 5.41 Å². The van der Waals surface area contributed by atoms with E-state index in [0.29, 0.717) is 29.5 Å². The molecule has 1 aromatic heterocycles. The summed E-state index contributed by atoms with van der Waals surface area (Å²) in [5.74, 6) is 1.24. The first-order chi connectivity index (χ1) is 15.3. The van der Waals surface area contributed by atoms with Crippen molar-refractivity contribution in [1.29, 1.82) is 0 Å². The minimum atomic E-state index is -0.465. The van der Waals surface area contributed by atoms with Gasteiger partial charge in [0.2, 0.25) is 23.8 Å². The Bertz CT molecular complexity index is 974. The number of amides is 1. The van der Waals surface area contributed by atoms with Crippen LogP contribution in [0, 0.1) is 12.3 Å². The summed E-state index contributed by atoms with van der Waals surface area (Å²) in [7, 11) is 0. The molecule has 2 aliphatic rings. The summed E-state index contributed by atoms with van der Waals surface area (Å²) in [5, 5.41) is 10.1. The van der Waals surface area contributed by atoms with Crippen LogP contribution in [0.2, 0.25) is 0 Å². The topological polar surface area (TPSA) is 121 Å². The maximum atomic E-state index is 11.6. The summed E-state index contributed by atoms with van der Waals surface area (Å²) in [4.78, 5) is 28.0. The lowest BCUT2D eigenvalue weighted by Gasteiger charge is -2.24. The van der Waals surface area contributed by atoms with Gasteiger partial charge in [0.15, 0.2) is 0 Å². The highest BCUT2D eigenvalue weighted by atomic mass is 16.1. The second-order valence-electron chi connectivity index (χ2n) is 9.37. The van der Waals surface area contributed by atoms with E-state index < -0.39 is 5.91 Å². The van der Waals surface area contributed by atoms with E-state index in [0.717, 1.165) is 50.3 Å². The standard InChI is InChI=1S/C23H34N8O/c1-4-8-23(3)9-11-31(14-23)22-29-20(26-17-7-10-25-13-17)28-21(30-22)27-18-12-16(19(24)32)6-5-15(18)2/h5-6,12,17,25H,4,7-11,13-14H2,1-3H3,(H2,24,32)(H2,26,27,28,29,30)/t17-,23?/m0/s1. The summed E-state index contributed by atoms with van der Waals surface area (Å²) in [5.41, 5.74) is 7.92. The van der Waals surface area contributed by atoms with Gasteiger partial charge in [0.1, 0.15) is 0 Å². The zero-order valence-corrected chi connectivity index (χ0v) is 19.2. The molecule has 0 spiro atoms. The number of hydrogen-bond acceptors (Lipinski definition) is 8. The number of carbonyl (C=O) groups is 1. The molecule has 172 valence electrons. The molecule has 1 amide bonds. The number of carbonyl (C=O) groups excluding carboxylic acids is 1. The number of nitrogens with one attached hydrogen (secondary N) is 3. The average Bonchev–Trinajstić information content (AvgIpc) is 3.39. The average molecular weight is 439 g/mol. The molecule has 9 heteroatoms. The Morgan fingerprint density at radius 1 is 1.31 bits per heavy atom. The number of hydrogen-bond donors (Lipinski definition) is 4. The first kappa shape index (κ1) is 22.3. The Morgan fingerprint density at radius 2 is 2.12 bits per heavy atom. The molecule has 9 nitrogen and oxygen atoms in total. The third kappa shape index (κ3) is 5.09. The highest BCUT2D eigenvalue weighted by Gasteiger charge is 2.34. The van der Waals surface area contributed by atoms with Crippen LogP contribution in [-0.4, -0.2) is 53.1 Å². The number of nitrogens with zero attached hydrogens (tertiary/aromatic N) is 4. The first-order valence-corrected chi connectivity index (χ1v) is 11.5. The molecule has 1 unspecified atom stereocenters. The normalized spacial score (nSPS) is 22.8. The van der Waals surface area contributed by atoms with Crippen molar-refractivity contribution in [3.8, 4) is 0 Å². The minimum absolute atomic E-state index is 0.282. The molecule has 2 fully saturated rings. The van der Waals surface area contributed by atoms with Crippen molar-refractivity contribution < 1.29 is 4.79 Å². The fraction of sp³-hybridized carbons (Fsp3) is 0.565. The van der Waals surface area contributed by atoms with Crippen LogP contribution in [-0.2, 0) is 0 Å². The summed E-state index contributed by atoms with van der Waals surface area (Å²) in [6.45, 7) is 10.3. The molecule has 4 rings (SSSR count). The van der Waals surface area contributed by atoms with Crippen LogP contribution in [0.15, 0.2) is 18.2 Å². The van der Waals surface area contributed by atoms with Gasteiger partial charge >= 0.3 is 0 Å². The second-order valence-corrected chi connectivity index (χ2v) is 9.37. The molecule has 32 heavy (non-hydrogen) atoms. The van der Waals surface area contributed by atoms with Crippen molar-refractivity contribution in [3.05, 3.63) is 29.3 Å². The number of aryl methyl sites for hydroxylation is 1. The number of aromatic nitrogens is 3. The highest BCUT2D eigenvalue weighted by molar-refractivity contribution is 5.94. The van der Waals surface area contributed by atoms with Gasteiger partial charge in [-0.25, -0.2) is 0 Å². The minimum Gasteiger partial charge on any atom is -0.366 e. The molecule has 2 aromatic rings. The second kappa shape index (κ2) is 9.28. The number of anilines is 4. The number of primary amides is 1. The predicted molar refractivity (Wildman–Crippen MR) is 128 cm³/mol. The van der Waals surface area contributed by atoms with Crippen LogP contribution in [0.1, 0.15) is 55.5 Å². The van der Waals surface area contributed by atoms with E-state index >= 15 is 0 Å². The Labute approximate surface area is 189 Å². The summed E-state index contributed by atoms with van der Waals surface area (Å²) < 4.78 is 0. The van der Waals surface area contributed by atoms with E-state index in [1.54, 1.807) is 12.1 Å². The molecule has 0 saturated carbocycles. The number of rotatable bonds is 8. The van der Waals surface area contributed by atoms with E-state index in [9.17, 15) is 4.79 Å². The van der Waals surface area contributed by atoms with Crippen molar-refractivity contribution >= 4 is 29.4 Å². The van der Waals surface area contributed by atoms with Crippen LogP contribution in [0.3, 0.4) is 0 Å². The van der Waals surface area contributed by atoms with Crippen LogP contribution >= 0.6 is 0 Å². The van der Waals surface area contributed by atoms with Crippen molar-refractivity contribution in [3.63, 3.8) is 0 Å². The molecule has 0 aliphatic carbocycles. The molecular weight excluding hydrogens is 404 g/mol. The maximum Gasteiger partial charge on any atom is 0.248 e.